The zero-order valence-electron chi connectivity index (χ0n) is 19.7. The first-order valence-electron chi connectivity index (χ1n) is 12.3. The standard InChI is InChI=1S/C27H38O5S/c1-2-3-16-33(30)17-8-6-4-5-7-15-31-19-26-24-14-13-23(29)18-27(24)32-20-25(26)21-9-11-22(28)12-10-21/h9-14,18,25-26,28-29H,2-8,15-17,19-20H2,1H3/t25-,26-,33?/m1/s1. The van der Waals surface area contributed by atoms with E-state index in [2.05, 4.69) is 6.92 Å². The Morgan fingerprint density at radius 1 is 0.939 bits per heavy atom. The summed E-state index contributed by atoms with van der Waals surface area (Å²) in [6, 6.07) is 12.6. The number of hydrogen-bond donors (Lipinski definition) is 2. The summed E-state index contributed by atoms with van der Waals surface area (Å²) in [5.74, 6) is 3.10. The van der Waals surface area contributed by atoms with Crippen molar-refractivity contribution in [2.24, 2.45) is 0 Å². The molecule has 0 aromatic heterocycles. The highest BCUT2D eigenvalue weighted by Gasteiger charge is 2.32. The Morgan fingerprint density at radius 3 is 2.42 bits per heavy atom. The van der Waals surface area contributed by atoms with Gasteiger partial charge in [-0.05, 0) is 43.0 Å². The number of fused-ring (bicyclic) bond motifs is 1. The van der Waals surface area contributed by atoms with E-state index in [1.165, 1.54) is 0 Å². The van der Waals surface area contributed by atoms with Crippen LogP contribution in [0, 0.1) is 0 Å². The second kappa shape index (κ2) is 13.6. The smallest absolute Gasteiger partial charge is 0.126 e. The molecule has 0 saturated carbocycles. The molecule has 5 nitrogen and oxygen atoms in total. The Bertz CT molecular complexity index is 867. The van der Waals surface area contributed by atoms with Crippen molar-refractivity contribution in [3.63, 3.8) is 0 Å². The molecular weight excluding hydrogens is 436 g/mol. The van der Waals surface area contributed by atoms with Crippen molar-refractivity contribution in [3.8, 4) is 17.2 Å². The summed E-state index contributed by atoms with van der Waals surface area (Å²) in [6.07, 6.45) is 7.67. The van der Waals surface area contributed by atoms with Gasteiger partial charge in [-0.2, -0.15) is 0 Å². The lowest BCUT2D eigenvalue weighted by atomic mass is 9.80. The van der Waals surface area contributed by atoms with Gasteiger partial charge in [-0.15, -0.1) is 0 Å². The second-order valence-corrected chi connectivity index (χ2v) is 10.6. The summed E-state index contributed by atoms with van der Waals surface area (Å²) in [6.45, 7) is 3.95. The van der Waals surface area contributed by atoms with Crippen LogP contribution >= 0.6 is 0 Å². The van der Waals surface area contributed by atoms with E-state index in [9.17, 15) is 14.4 Å². The maximum Gasteiger partial charge on any atom is 0.126 e. The van der Waals surface area contributed by atoms with E-state index in [1.807, 2.05) is 18.2 Å². The third kappa shape index (κ3) is 8.04. The highest BCUT2D eigenvalue weighted by molar-refractivity contribution is 7.84. The summed E-state index contributed by atoms with van der Waals surface area (Å²) in [5, 5.41) is 19.5. The van der Waals surface area contributed by atoms with Crippen molar-refractivity contribution >= 4 is 10.8 Å². The Labute approximate surface area is 200 Å². The number of phenols is 2. The van der Waals surface area contributed by atoms with Gasteiger partial charge in [0, 0.05) is 52.4 Å². The van der Waals surface area contributed by atoms with Gasteiger partial charge in [0.15, 0.2) is 0 Å². The minimum atomic E-state index is -0.638. The van der Waals surface area contributed by atoms with Gasteiger partial charge in [0.2, 0.25) is 0 Å². The van der Waals surface area contributed by atoms with Crippen LogP contribution in [0.5, 0.6) is 17.2 Å². The molecule has 182 valence electrons. The predicted octanol–water partition coefficient (Wildman–Crippen LogP) is 5.87. The van der Waals surface area contributed by atoms with E-state index >= 15 is 0 Å². The fraction of sp³-hybridized carbons (Fsp3) is 0.556. The SMILES string of the molecule is CCCCS(=O)CCCCCCCOC[C@@H]1c2ccc(O)cc2OC[C@@H]1c1ccc(O)cc1. The van der Waals surface area contributed by atoms with E-state index in [0.29, 0.717) is 13.2 Å². The first-order chi connectivity index (χ1) is 16.1. The number of ether oxygens (including phenoxy) is 2. The third-order valence-electron chi connectivity index (χ3n) is 6.31. The lowest BCUT2D eigenvalue weighted by Gasteiger charge is -2.34. The largest absolute Gasteiger partial charge is 0.508 e. The summed E-state index contributed by atoms with van der Waals surface area (Å²) >= 11 is 0. The number of rotatable bonds is 14. The molecule has 2 aromatic rings. The molecule has 3 atom stereocenters. The van der Waals surface area contributed by atoms with Gasteiger partial charge in [-0.3, -0.25) is 4.21 Å². The van der Waals surface area contributed by atoms with Crippen LogP contribution < -0.4 is 4.74 Å². The van der Waals surface area contributed by atoms with Gasteiger partial charge in [-0.1, -0.05) is 50.8 Å². The average molecular weight is 475 g/mol. The molecule has 2 aromatic carbocycles. The molecule has 0 spiro atoms. The summed E-state index contributed by atoms with van der Waals surface area (Å²) in [4.78, 5) is 0. The summed E-state index contributed by atoms with van der Waals surface area (Å²) in [7, 11) is -0.638. The number of benzene rings is 2. The van der Waals surface area contributed by atoms with Gasteiger partial charge in [0.25, 0.3) is 0 Å². The summed E-state index contributed by atoms with van der Waals surface area (Å²) < 4.78 is 23.9. The first-order valence-corrected chi connectivity index (χ1v) is 13.7. The molecular formula is C27H38O5S. The van der Waals surface area contributed by atoms with Crippen LogP contribution in [-0.2, 0) is 15.5 Å². The van der Waals surface area contributed by atoms with Crippen molar-refractivity contribution in [1.29, 1.82) is 0 Å². The predicted molar refractivity (Wildman–Crippen MR) is 134 cm³/mol. The highest BCUT2D eigenvalue weighted by atomic mass is 32.2. The van der Waals surface area contributed by atoms with Crippen molar-refractivity contribution in [1.82, 2.24) is 0 Å². The monoisotopic (exact) mass is 474 g/mol. The molecule has 33 heavy (non-hydrogen) atoms. The van der Waals surface area contributed by atoms with Crippen LogP contribution in [0.4, 0.5) is 0 Å². The molecule has 2 N–H and O–H groups in total. The molecule has 1 heterocycles. The van der Waals surface area contributed by atoms with Crippen LogP contribution in [0.1, 0.15) is 74.8 Å². The molecule has 0 saturated heterocycles. The van der Waals surface area contributed by atoms with Crippen molar-refractivity contribution in [2.75, 3.05) is 31.3 Å². The van der Waals surface area contributed by atoms with Gasteiger partial charge in [-0.25, -0.2) is 0 Å². The Morgan fingerprint density at radius 2 is 1.64 bits per heavy atom. The number of aromatic hydroxyl groups is 2. The molecule has 6 heteroatoms. The second-order valence-electron chi connectivity index (χ2n) is 8.88. The van der Waals surface area contributed by atoms with Gasteiger partial charge >= 0.3 is 0 Å². The molecule has 1 aliphatic rings. The van der Waals surface area contributed by atoms with Crippen LogP contribution in [0.2, 0.25) is 0 Å². The molecule has 3 rings (SSSR count). The molecule has 0 radical (unpaired) electrons. The van der Waals surface area contributed by atoms with Crippen molar-refractivity contribution in [2.45, 2.75) is 63.7 Å². The van der Waals surface area contributed by atoms with Crippen LogP contribution in [0.15, 0.2) is 42.5 Å². The average Bonchev–Trinajstić information content (AvgIpc) is 2.82. The van der Waals surface area contributed by atoms with E-state index in [0.717, 1.165) is 79.9 Å². The van der Waals surface area contributed by atoms with E-state index in [-0.39, 0.29) is 23.3 Å². The Balaban J connectivity index is 1.44. The number of hydrogen-bond acceptors (Lipinski definition) is 5. The molecule has 0 fully saturated rings. The lowest BCUT2D eigenvalue weighted by Crippen LogP contribution is -2.27. The van der Waals surface area contributed by atoms with Crippen molar-refractivity contribution < 1.29 is 23.9 Å². The normalized spacial score (nSPS) is 18.5. The molecule has 0 bridgehead atoms. The highest BCUT2D eigenvalue weighted by Crippen LogP contribution is 2.43. The minimum Gasteiger partial charge on any atom is -0.508 e. The first kappa shape index (κ1) is 25.6. The number of unbranched alkanes of at least 4 members (excludes halogenated alkanes) is 5. The quantitative estimate of drug-likeness (QED) is 0.335. The topological polar surface area (TPSA) is 76.0 Å². The lowest BCUT2D eigenvalue weighted by molar-refractivity contribution is 0.0937. The molecule has 0 aliphatic carbocycles. The minimum absolute atomic E-state index is 0.122. The van der Waals surface area contributed by atoms with Crippen LogP contribution in [-0.4, -0.2) is 45.7 Å². The maximum atomic E-state index is 11.8. The zero-order chi connectivity index (χ0) is 23.5. The zero-order valence-corrected chi connectivity index (χ0v) is 20.5. The Hall–Kier alpha value is -2.05. The van der Waals surface area contributed by atoms with Crippen LogP contribution in [0.3, 0.4) is 0 Å². The third-order valence-corrected chi connectivity index (χ3v) is 7.79. The van der Waals surface area contributed by atoms with E-state index in [4.69, 9.17) is 9.47 Å². The van der Waals surface area contributed by atoms with Crippen molar-refractivity contribution in [3.05, 3.63) is 53.6 Å². The summed E-state index contributed by atoms with van der Waals surface area (Å²) in [5.41, 5.74) is 2.16. The Kier molecular flexibility index (Phi) is 10.5. The fourth-order valence-corrected chi connectivity index (χ4v) is 5.68. The van der Waals surface area contributed by atoms with Gasteiger partial charge < -0.3 is 19.7 Å². The van der Waals surface area contributed by atoms with E-state index in [1.54, 1.807) is 24.3 Å². The van der Waals surface area contributed by atoms with E-state index < -0.39 is 10.8 Å². The van der Waals surface area contributed by atoms with Gasteiger partial charge in [0.05, 0.1) is 13.2 Å². The molecule has 1 unspecified atom stereocenters. The maximum absolute atomic E-state index is 11.8. The van der Waals surface area contributed by atoms with Gasteiger partial charge in [0.1, 0.15) is 17.2 Å². The molecule has 1 aliphatic heterocycles. The number of phenolic OH excluding ortho intramolecular Hbond substituents is 2. The van der Waals surface area contributed by atoms with Crippen LogP contribution in [0.25, 0.3) is 0 Å². The molecule has 0 amide bonds. The fourth-order valence-electron chi connectivity index (χ4n) is 4.34.